The lowest BCUT2D eigenvalue weighted by atomic mass is 9.93. The van der Waals surface area contributed by atoms with Crippen LogP contribution in [-0.4, -0.2) is 35.0 Å². The van der Waals surface area contributed by atoms with Crippen molar-refractivity contribution < 1.29 is 28.6 Å². The van der Waals surface area contributed by atoms with E-state index in [-0.39, 0.29) is 18.5 Å². The van der Waals surface area contributed by atoms with Gasteiger partial charge in [0.15, 0.2) is 0 Å². The van der Waals surface area contributed by atoms with Gasteiger partial charge in [-0.05, 0) is 92.2 Å². The summed E-state index contributed by atoms with van der Waals surface area (Å²) < 4.78 is 27.1. The van der Waals surface area contributed by atoms with Gasteiger partial charge >= 0.3 is 5.97 Å². The van der Waals surface area contributed by atoms with Crippen LogP contribution in [0, 0.1) is 13.0 Å². The molecule has 1 atom stereocenters. The number of benzene rings is 3. The molecule has 0 bridgehead atoms. The molecule has 1 amide bonds. The van der Waals surface area contributed by atoms with E-state index in [4.69, 9.17) is 9.47 Å². The van der Waals surface area contributed by atoms with E-state index < -0.39 is 23.7 Å². The molecule has 0 aliphatic carbocycles. The number of carboxylic acids is 1. The van der Waals surface area contributed by atoms with Crippen LogP contribution in [0.25, 0.3) is 6.08 Å². The summed E-state index contributed by atoms with van der Waals surface area (Å²) in [5.41, 5.74) is 2.92. The van der Waals surface area contributed by atoms with E-state index in [9.17, 15) is 19.1 Å². The van der Waals surface area contributed by atoms with Crippen molar-refractivity contribution in [3.63, 3.8) is 0 Å². The molecule has 9 heteroatoms. The van der Waals surface area contributed by atoms with Gasteiger partial charge in [0.05, 0.1) is 14.3 Å². The van der Waals surface area contributed by atoms with Gasteiger partial charge in [-0.15, -0.1) is 0 Å². The van der Waals surface area contributed by atoms with Crippen LogP contribution in [0.5, 0.6) is 11.5 Å². The third-order valence-electron chi connectivity index (χ3n) is 5.88. The molecule has 0 spiro atoms. The van der Waals surface area contributed by atoms with Crippen LogP contribution >= 0.6 is 45.2 Å². The number of rotatable bonds is 7. The Kier molecular flexibility index (Phi) is 8.50. The van der Waals surface area contributed by atoms with Gasteiger partial charge in [-0.3, -0.25) is 4.79 Å². The number of ether oxygens (including phenoxy) is 2. The van der Waals surface area contributed by atoms with E-state index in [1.807, 2.05) is 30.3 Å². The molecule has 4 rings (SSSR count). The smallest absolute Gasteiger partial charge is 0.326 e. The van der Waals surface area contributed by atoms with Crippen molar-refractivity contribution in [1.82, 2.24) is 4.90 Å². The van der Waals surface area contributed by atoms with Crippen molar-refractivity contribution in [3.05, 3.63) is 95.9 Å². The van der Waals surface area contributed by atoms with Crippen LogP contribution in [0.4, 0.5) is 4.39 Å². The average molecular weight is 713 g/mol. The first-order chi connectivity index (χ1) is 17.3. The van der Waals surface area contributed by atoms with E-state index >= 15 is 0 Å². The molecule has 0 saturated carbocycles. The molecule has 3 aromatic carbocycles. The number of methoxy groups -OCH3 is 1. The molecule has 0 fully saturated rings. The van der Waals surface area contributed by atoms with Crippen molar-refractivity contribution in [2.24, 2.45) is 0 Å². The highest BCUT2D eigenvalue weighted by Gasteiger charge is 2.36. The highest BCUT2D eigenvalue weighted by Crippen LogP contribution is 2.37. The fraction of sp³-hybridized carbons (Fsp3) is 0.185. The number of amides is 1. The van der Waals surface area contributed by atoms with Gasteiger partial charge in [-0.1, -0.05) is 30.3 Å². The second-order valence-electron chi connectivity index (χ2n) is 8.16. The van der Waals surface area contributed by atoms with Crippen LogP contribution < -0.4 is 9.47 Å². The zero-order chi connectivity index (χ0) is 25.8. The summed E-state index contributed by atoms with van der Waals surface area (Å²) in [5.74, 6) is -0.618. The predicted molar refractivity (Wildman–Crippen MR) is 150 cm³/mol. The Morgan fingerprint density at radius 2 is 1.94 bits per heavy atom. The first-order valence-electron chi connectivity index (χ1n) is 11.0. The van der Waals surface area contributed by atoms with Crippen molar-refractivity contribution in [2.75, 3.05) is 7.11 Å². The molecule has 1 N–H and O–H groups in total. The summed E-state index contributed by atoms with van der Waals surface area (Å²) in [7, 11) is 1.61. The van der Waals surface area contributed by atoms with Crippen molar-refractivity contribution in [2.45, 2.75) is 25.6 Å². The zero-order valence-corrected chi connectivity index (χ0v) is 23.5. The van der Waals surface area contributed by atoms with Gasteiger partial charge < -0.3 is 19.5 Å². The zero-order valence-electron chi connectivity index (χ0n) is 19.2. The van der Waals surface area contributed by atoms with E-state index in [1.54, 1.807) is 25.3 Å². The summed E-state index contributed by atoms with van der Waals surface area (Å²) in [6, 6.07) is 14.6. The summed E-state index contributed by atoms with van der Waals surface area (Å²) in [6.45, 7) is 0.436. The molecule has 0 radical (unpaired) electrons. The van der Waals surface area contributed by atoms with Crippen molar-refractivity contribution in [3.8, 4) is 11.5 Å². The minimum atomic E-state index is -1.09. The lowest BCUT2D eigenvalue weighted by Crippen LogP contribution is -2.48. The van der Waals surface area contributed by atoms with Crippen LogP contribution in [-0.2, 0) is 29.2 Å². The van der Waals surface area contributed by atoms with E-state index in [0.717, 1.165) is 29.6 Å². The molecule has 6 nitrogen and oxygen atoms in total. The van der Waals surface area contributed by atoms with Crippen LogP contribution in [0.2, 0.25) is 0 Å². The summed E-state index contributed by atoms with van der Waals surface area (Å²) in [6.07, 6.45) is 2.76. The van der Waals surface area contributed by atoms with Crippen molar-refractivity contribution >= 4 is 63.1 Å². The molecule has 0 saturated heterocycles. The fourth-order valence-electron chi connectivity index (χ4n) is 4.01. The standard InChI is InChI=1S/C27H22FI2NO5/c1-35-19-7-4-5-16(11-19)15-36-26-22(29)12-18-13-23(27(33)34)31(14-20(18)25(26)30)24(32)10-9-17-6-2-3-8-21(17)28/h2-12,23H,13-15H2,1H3,(H,33,34)/b10-9+/t23-/m0/s1. The first-order valence-corrected chi connectivity index (χ1v) is 13.2. The maximum absolute atomic E-state index is 14.0. The lowest BCUT2D eigenvalue weighted by Gasteiger charge is -2.35. The summed E-state index contributed by atoms with van der Waals surface area (Å²) in [5, 5.41) is 9.84. The number of aliphatic carboxylic acids is 1. The molecule has 1 heterocycles. The van der Waals surface area contributed by atoms with Crippen molar-refractivity contribution in [1.29, 1.82) is 0 Å². The second-order valence-corrected chi connectivity index (χ2v) is 10.4. The van der Waals surface area contributed by atoms with Gasteiger partial charge in [-0.25, -0.2) is 9.18 Å². The summed E-state index contributed by atoms with van der Waals surface area (Å²) >= 11 is 4.38. The average Bonchev–Trinajstić information content (AvgIpc) is 2.87. The van der Waals surface area contributed by atoms with Crippen LogP contribution in [0.15, 0.2) is 60.7 Å². The lowest BCUT2D eigenvalue weighted by molar-refractivity contribution is -0.149. The first kappa shape index (κ1) is 26.4. The van der Waals surface area contributed by atoms with Gasteiger partial charge in [0.2, 0.25) is 5.91 Å². The maximum Gasteiger partial charge on any atom is 0.326 e. The van der Waals surface area contributed by atoms with Crippen LogP contribution in [0.1, 0.15) is 22.3 Å². The third kappa shape index (κ3) is 5.83. The highest BCUT2D eigenvalue weighted by atomic mass is 127. The quantitative estimate of drug-likeness (QED) is 0.253. The fourth-order valence-corrected chi connectivity index (χ4v) is 6.29. The monoisotopic (exact) mass is 713 g/mol. The van der Waals surface area contributed by atoms with Gasteiger partial charge in [0.1, 0.15) is 30.0 Å². The molecular weight excluding hydrogens is 691 g/mol. The topological polar surface area (TPSA) is 76.1 Å². The number of hydrogen-bond acceptors (Lipinski definition) is 4. The summed E-state index contributed by atoms with van der Waals surface area (Å²) in [4.78, 5) is 26.4. The molecule has 0 unspecified atom stereocenters. The van der Waals surface area contributed by atoms with E-state index in [1.165, 1.54) is 23.1 Å². The number of carbonyl (C=O) groups excluding carboxylic acids is 1. The molecule has 1 aliphatic heterocycles. The number of halogens is 3. The normalized spacial score (nSPS) is 15.0. The Labute approximate surface area is 235 Å². The third-order valence-corrected chi connectivity index (χ3v) is 7.83. The molecule has 36 heavy (non-hydrogen) atoms. The maximum atomic E-state index is 14.0. The Bertz CT molecular complexity index is 1340. The Hall–Kier alpha value is -2.67. The largest absolute Gasteiger partial charge is 0.497 e. The molecule has 3 aromatic rings. The number of hydrogen-bond donors (Lipinski definition) is 1. The van der Waals surface area contributed by atoms with E-state index in [0.29, 0.717) is 12.4 Å². The van der Waals surface area contributed by atoms with Gasteiger partial charge in [0, 0.05) is 24.6 Å². The Balaban J connectivity index is 1.60. The van der Waals surface area contributed by atoms with E-state index in [2.05, 4.69) is 45.2 Å². The molecule has 0 aromatic heterocycles. The predicted octanol–water partition coefficient (Wildman–Crippen LogP) is 5.67. The Morgan fingerprint density at radius 1 is 1.17 bits per heavy atom. The van der Waals surface area contributed by atoms with Gasteiger partial charge in [0.25, 0.3) is 0 Å². The molecule has 186 valence electrons. The second kappa shape index (κ2) is 11.6. The number of nitrogens with zero attached hydrogens (tertiary/aromatic N) is 1. The molecular formula is C27H22FI2NO5. The number of carbonyl (C=O) groups is 2. The highest BCUT2D eigenvalue weighted by molar-refractivity contribution is 14.1. The number of fused-ring (bicyclic) bond motifs is 1. The molecule has 1 aliphatic rings. The SMILES string of the molecule is COc1cccc(COc2c(I)cc3c(c2I)CN(C(=O)/C=C/c2ccccc2F)[C@H](C(=O)O)C3)c1. The van der Waals surface area contributed by atoms with Crippen LogP contribution in [0.3, 0.4) is 0 Å². The minimum absolute atomic E-state index is 0.109. The van der Waals surface area contributed by atoms with Gasteiger partial charge in [-0.2, -0.15) is 0 Å². The minimum Gasteiger partial charge on any atom is -0.497 e. The Morgan fingerprint density at radius 3 is 2.67 bits per heavy atom. The number of carboxylic acid groups (broad SMARTS) is 1.